The quantitative estimate of drug-likeness (QED) is 0.759. The van der Waals surface area contributed by atoms with Crippen molar-refractivity contribution in [3.63, 3.8) is 0 Å². The molecule has 1 atom stereocenters. The lowest BCUT2D eigenvalue weighted by Gasteiger charge is -2.23. The topological polar surface area (TPSA) is 76.8 Å². The number of benzene rings is 1. The largest absolute Gasteiger partial charge is 0.350 e. The van der Waals surface area contributed by atoms with E-state index >= 15 is 0 Å². The Morgan fingerprint density at radius 3 is 3.17 bits per heavy atom. The normalized spacial score (nSPS) is 17.0. The molecule has 0 aliphatic carbocycles. The summed E-state index contributed by atoms with van der Waals surface area (Å²) in [7, 11) is 1.99. The maximum atomic E-state index is 12.2. The minimum absolute atomic E-state index is 0.0722. The predicted molar refractivity (Wildman–Crippen MR) is 87.2 cm³/mol. The Kier molecular flexibility index (Phi) is 3.25. The van der Waals surface area contributed by atoms with Crippen LogP contribution >= 0.6 is 0 Å². The Labute approximate surface area is 133 Å². The Morgan fingerprint density at radius 2 is 2.26 bits per heavy atom. The number of fused-ring (bicyclic) bond motifs is 2. The molecule has 1 aromatic carbocycles. The van der Waals surface area contributed by atoms with Crippen molar-refractivity contribution < 1.29 is 4.79 Å². The lowest BCUT2D eigenvalue weighted by Crippen LogP contribution is -2.43. The number of urea groups is 1. The van der Waals surface area contributed by atoms with Crippen LogP contribution in [0.25, 0.3) is 10.9 Å². The molecule has 2 amide bonds. The molecule has 4 rings (SSSR count). The second-order valence-electron chi connectivity index (χ2n) is 5.89. The van der Waals surface area contributed by atoms with Gasteiger partial charge >= 0.3 is 6.03 Å². The number of carbonyl (C=O) groups excluding carboxylic acids is 1. The van der Waals surface area contributed by atoms with Crippen LogP contribution in [0.5, 0.6) is 0 Å². The number of amides is 2. The van der Waals surface area contributed by atoms with Crippen LogP contribution in [-0.2, 0) is 20.0 Å². The van der Waals surface area contributed by atoms with Gasteiger partial charge in [-0.2, -0.15) is 5.10 Å². The Morgan fingerprint density at radius 1 is 1.35 bits per heavy atom. The van der Waals surface area contributed by atoms with Gasteiger partial charge in [0.25, 0.3) is 0 Å². The zero-order valence-corrected chi connectivity index (χ0v) is 12.9. The lowest BCUT2D eigenvalue weighted by molar-refractivity contribution is 0.243. The van der Waals surface area contributed by atoms with E-state index in [1.165, 1.54) is 0 Å². The Hall–Kier alpha value is -2.83. The number of carbonyl (C=O) groups is 1. The first-order valence-electron chi connectivity index (χ1n) is 7.68. The average molecular weight is 310 g/mol. The molecule has 1 aliphatic rings. The molecular weight excluding hydrogens is 292 g/mol. The van der Waals surface area contributed by atoms with Crippen LogP contribution in [-0.4, -0.2) is 31.4 Å². The Balaban J connectivity index is 1.42. The molecule has 0 saturated heterocycles. The van der Waals surface area contributed by atoms with Crippen molar-refractivity contribution in [3.05, 3.63) is 42.6 Å². The minimum Gasteiger partial charge on any atom is -0.350 e. The van der Waals surface area contributed by atoms with Gasteiger partial charge in [0, 0.05) is 30.9 Å². The fraction of sp³-hybridized carbons (Fsp3) is 0.312. The van der Waals surface area contributed by atoms with Crippen LogP contribution in [0, 0.1) is 0 Å². The number of hydrogen-bond acceptors (Lipinski definition) is 3. The molecule has 0 spiro atoms. The van der Waals surface area contributed by atoms with Crippen molar-refractivity contribution in [1.29, 1.82) is 0 Å². The highest BCUT2D eigenvalue weighted by Gasteiger charge is 2.21. The Bertz CT molecular complexity index is 864. The van der Waals surface area contributed by atoms with E-state index in [1.807, 2.05) is 40.7 Å². The maximum absolute atomic E-state index is 12.2. The van der Waals surface area contributed by atoms with Gasteiger partial charge in [-0.25, -0.2) is 14.5 Å². The molecule has 7 heteroatoms. The SMILES string of the molecule is Cn1ccc2ccc(NC(=O)N[C@H]3CCc4ncnn4C3)cc21. The van der Waals surface area contributed by atoms with Crippen molar-refractivity contribution in [2.75, 3.05) is 5.32 Å². The van der Waals surface area contributed by atoms with Crippen molar-refractivity contribution in [2.24, 2.45) is 7.05 Å². The summed E-state index contributed by atoms with van der Waals surface area (Å²) in [6, 6.07) is 7.84. The standard InChI is InChI=1S/C16H18N6O/c1-21-7-6-11-2-3-12(8-14(11)21)19-16(23)20-13-4-5-15-17-10-18-22(15)9-13/h2-3,6-8,10,13H,4-5,9H2,1H3,(H2,19,20,23)/t13-/m0/s1. The smallest absolute Gasteiger partial charge is 0.319 e. The van der Waals surface area contributed by atoms with Crippen molar-refractivity contribution in [3.8, 4) is 0 Å². The van der Waals surface area contributed by atoms with E-state index in [9.17, 15) is 4.79 Å². The molecule has 0 saturated carbocycles. The van der Waals surface area contributed by atoms with Gasteiger partial charge < -0.3 is 15.2 Å². The van der Waals surface area contributed by atoms with E-state index in [1.54, 1.807) is 6.33 Å². The summed E-state index contributed by atoms with van der Waals surface area (Å²) >= 11 is 0. The first-order valence-corrected chi connectivity index (χ1v) is 7.68. The number of nitrogens with one attached hydrogen (secondary N) is 2. The highest BCUT2D eigenvalue weighted by molar-refractivity contribution is 5.92. The summed E-state index contributed by atoms with van der Waals surface area (Å²) in [5.41, 5.74) is 1.88. The van der Waals surface area contributed by atoms with E-state index in [-0.39, 0.29) is 12.1 Å². The van der Waals surface area contributed by atoms with Crippen LogP contribution < -0.4 is 10.6 Å². The predicted octanol–water partition coefficient (Wildman–Crippen LogP) is 1.91. The molecule has 7 nitrogen and oxygen atoms in total. The zero-order chi connectivity index (χ0) is 15.8. The molecule has 2 N–H and O–H groups in total. The summed E-state index contributed by atoms with van der Waals surface area (Å²) in [5.74, 6) is 0.984. The summed E-state index contributed by atoms with van der Waals surface area (Å²) in [5, 5.41) is 11.2. The molecule has 0 fully saturated rings. The van der Waals surface area contributed by atoms with E-state index in [4.69, 9.17) is 0 Å². The number of rotatable bonds is 2. The second-order valence-corrected chi connectivity index (χ2v) is 5.89. The maximum Gasteiger partial charge on any atom is 0.319 e. The molecule has 23 heavy (non-hydrogen) atoms. The molecule has 0 unspecified atom stereocenters. The molecule has 3 heterocycles. The van der Waals surface area contributed by atoms with E-state index in [0.717, 1.165) is 35.3 Å². The van der Waals surface area contributed by atoms with Gasteiger partial charge in [0.15, 0.2) is 0 Å². The van der Waals surface area contributed by atoms with Gasteiger partial charge in [-0.1, -0.05) is 6.07 Å². The fourth-order valence-corrected chi connectivity index (χ4v) is 3.05. The van der Waals surface area contributed by atoms with Crippen molar-refractivity contribution in [1.82, 2.24) is 24.6 Å². The van der Waals surface area contributed by atoms with Crippen molar-refractivity contribution in [2.45, 2.75) is 25.4 Å². The van der Waals surface area contributed by atoms with Gasteiger partial charge in [0.2, 0.25) is 0 Å². The molecule has 2 aromatic heterocycles. The monoisotopic (exact) mass is 310 g/mol. The molecule has 118 valence electrons. The summed E-state index contributed by atoms with van der Waals surface area (Å²) < 4.78 is 3.89. The van der Waals surface area contributed by atoms with Crippen molar-refractivity contribution >= 4 is 22.6 Å². The minimum atomic E-state index is -0.188. The number of aromatic nitrogens is 4. The third-order valence-electron chi connectivity index (χ3n) is 4.29. The van der Waals surface area contributed by atoms with Crippen LogP contribution in [0.2, 0.25) is 0 Å². The van der Waals surface area contributed by atoms with E-state index in [2.05, 4.69) is 26.8 Å². The van der Waals surface area contributed by atoms with Gasteiger partial charge in [0.1, 0.15) is 12.2 Å². The van der Waals surface area contributed by atoms with Crippen LogP contribution in [0.4, 0.5) is 10.5 Å². The molecule has 3 aromatic rings. The molecule has 0 radical (unpaired) electrons. The fourth-order valence-electron chi connectivity index (χ4n) is 3.05. The van der Waals surface area contributed by atoms with Crippen LogP contribution in [0.1, 0.15) is 12.2 Å². The summed E-state index contributed by atoms with van der Waals surface area (Å²) in [6.07, 6.45) is 5.28. The highest BCUT2D eigenvalue weighted by Crippen LogP contribution is 2.19. The highest BCUT2D eigenvalue weighted by atomic mass is 16.2. The first-order chi connectivity index (χ1) is 11.2. The average Bonchev–Trinajstić information content (AvgIpc) is 3.14. The van der Waals surface area contributed by atoms with Gasteiger partial charge in [-0.05, 0) is 30.0 Å². The van der Waals surface area contributed by atoms with Gasteiger partial charge in [0.05, 0.1) is 12.6 Å². The number of aryl methyl sites for hydroxylation is 2. The number of hydrogen-bond donors (Lipinski definition) is 2. The van der Waals surface area contributed by atoms with Crippen LogP contribution in [0.3, 0.4) is 0 Å². The first kappa shape index (κ1) is 13.8. The lowest BCUT2D eigenvalue weighted by atomic mass is 10.1. The third-order valence-corrected chi connectivity index (χ3v) is 4.29. The second kappa shape index (κ2) is 5.42. The number of nitrogens with zero attached hydrogens (tertiary/aromatic N) is 4. The molecule has 1 aliphatic heterocycles. The van der Waals surface area contributed by atoms with Gasteiger partial charge in [-0.3, -0.25) is 0 Å². The molecular formula is C16H18N6O. The zero-order valence-electron chi connectivity index (χ0n) is 12.9. The van der Waals surface area contributed by atoms with E-state index in [0.29, 0.717) is 6.54 Å². The third kappa shape index (κ3) is 2.65. The summed E-state index contributed by atoms with van der Waals surface area (Å²) in [6.45, 7) is 0.666. The van der Waals surface area contributed by atoms with Crippen LogP contribution in [0.15, 0.2) is 36.8 Å². The van der Waals surface area contributed by atoms with E-state index < -0.39 is 0 Å². The summed E-state index contributed by atoms with van der Waals surface area (Å²) in [4.78, 5) is 16.4. The molecule has 0 bridgehead atoms. The van der Waals surface area contributed by atoms with Gasteiger partial charge in [-0.15, -0.1) is 0 Å². The number of anilines is 1.